The number of rotatable bonds is 20. The lowest BCUT2D eigenvalue weighted by Gasteiger charge is -2.25. The van der Waals surface area contributed by atoms with Gasteiger partial charge in [0.25, 0.3) is 11.8 Å². The Labute approximate surface area is 298 Å². The zero-order valence-corrected chi connectivity index (χ0v) is 30.0. The predicted octanol–water partition coefficient (Wildman–Crippen LogP) is 2.03. The highest BCUT2D eigenvalue weighted by Crippen LogP contribution is 2.15. The number of anilines is 1. The van der Waals surface area contributed by atoms with Gasteiger partial charge in [0.2, 0.25) is 17.7 Å². The topological polar surface area (TPSA) is 235 Å². The van der Waals surface area contributed by atoms with Crippen molar-refractivity contribution in [3.8, 4) is 0 Å². The van der Waals surface area contributed by atoms with Crippen LogP contribution in [0.15, 0.2) is 36.4 Å². The monoisotopic (exact) mass is 713 g/mol. The molecule has 8 amide bonds. The summed E-state index contributed by atoms with van der Waals surface area (Å²) in [6, 6.07) is 3.78. The van der Waals surface area contributed by atoms with Gasteiger partial charge in [-0.15, -0.1) is 0 Å². The number of amides is 8. The smallest absolute Gasteiger partial charge is 0.407 e. The molecule has 0 radical (unpaired) electrons. The van der Waals surface area contributed by atoms with E-state index in [1.807, 2.05) is 0 Å². The molecule has 280 valence electrons. The molecule has 1 aliphatic rings. The Bertz CT molecular complexity index is 1430. The first-order chi connectivity index (χ1) is 24.0. The Kier molecular flexibility index (Phi) is 16.8. The number of carbonyl (C=O) groups excluding carboxylic acids is 8. The van der Waals surface area contributed by atoms with Gasteiger partial charge in [0, 0.05) is 42.8 Å². The standard InChI is InChI=1S/C35H51N7O9/c1-22(2)30(41-27(44)11-7-6-8-19-42-28(45)16-17-29(42)46)32(48)40-25(10-9-18-37-33(36)49)31(47)39-24-14-12-23(13-15-24)21-51-34(50)38-20-26(43)35(3,4)5/h12-17,22,25,30H,6-11,18-21H2,1-5H3,(H,38,50)(H,39,47)(H,40,48)(H,41,44)(H3,36,37,49)/t25-,30?/m0/s1. The molecule has 0 aliphatic carbocycles. The fourth-order valence-electron chi connectivity index (χ4n) is 4.74. The minimum atomic E-state index is -1.03. The number of hydrogen-bond acceptors (Lipinski definition) is 9. The predicted molar refractivity (Wildman–Crippen MR) is 188 cm³/mol. The number of hydrogen-bond donors (Lipinski definition) is 6. The summed E-state index contributed by atoms with van der Waals surface area (Å²) in [5.41, 5.74) is 5.57. The first-order valence-electron chi connectivity index (χ1n) is 17.0. The van der Waals surface area contributed by atoms with E-state index in [0.717, 1.165) is 4.90 Å². The Morgan fingerprint density at radius 1 is 0.843 bits per heavy atom. The third-order valence-corrected chi connectivity index (χ3v) is 7.87. The van der Waals surface area contributed by atoms with Gasteiger partial charge in [-0.2, -0.15) is 0 Å². The van der Waals surface area contributed by atoms with E-state index in [4.69, 9.17) is 10.5 Å². The molecule has 1 aromatic rings. The van der Waals surface area contributed by atoms with Crippen molar-refractivity contribution in [2.45, 2.75) is 91.8 Å². The Morgan fingerprint density at radius 2 is 1.49 bits per heavy atom. The summed E-state index contributed by atoms with van der Waals surface area (Å²) in [4.78, 5) is 99.0. The van der Waals surface area contributed by atoms with Crippen molar-refractivity contribution in [2.24, 2.45) is 17.1 Å². The fourth-order valence-corrected chi connectivity index (χ4v) is 4.74. The van der Waals surface area contributed by atoms with Crippen molar-refractivity contribution in [3.63, 3.8) is 0 Å². The second-order valence-electron chi connectivity index (χ2n) is 13.5. The van der Waals surface area contributed by atoms with Crippen LogP contribution in [0, 0.1) is 11.3 Å². The summed E-state index contributed by atoms with van der Waals surface area (Å²) in [5.74, 6) is -2.61. The Morgan fingerprint density at radius 3 is 2.08 bits per heavy atom. The van der Waals surface area contributed by atoms with Crippen molar-refractivity contribution < 1.29 is 43.1 Å². The minimum absolute atomic E-state index is 0.0735. The molecule has 1 aliphatic heterocycles. The van der Waals surface area contributed by atoms with Crippen LogP contribution in [0.1, 0.15) is 78.7 Å². The van der Waals surface area contributed by atoms with Gasteiger partial charge in [0.05, 0.1) is 6.54 Å². The molecule has 1 heterocycles. The normalized spacial score (nSPS) is 13.7. The van der Waals surface area contributed by atoms with Gasteiger partial charge < -0.3 is 37.1 Å². The number of ether oxygens (including phenoxy) is 1. The van der Waals surface area contributed by atoms with Gasteiger partial charge in [0.1, 0.15) is 18.7 Å². The van der Waals surface area contributed by atoms with Crippen molar-refractivity contribution in [1.29, 1.82) is 0 Å². The number of nitrogens with one attached hydrogen (secondary N) is 5. The molecule has 2 rings (SSSR count). The average Bonchev–Trinajstić information content (AvgIpc) is 3.38. The zero-order valence-electron chi connectivity index (χ0n) is 30.0. The van der Waals surface area contributed by atoms with Crippen LogP contribution in [0.3, 0.4) is 0 Å². The molecule has 0 bridgehead atoms. The van der Waals surface area contributed by atoms with E-state index >= 15 is 0 Å². The maximum Gasteiger partial charge on any atom is 0.407 e. The molecular weight excluding hydrogens is 662 g/mol. The van der Waals surface area contributed by atoms with Gasteiger partial charge in [-0.3, -0.25) is 33.7 Å². The Hall–Kier alpha value is -5.28. The lowest BCUT2D eigenvalue weighted by molar-refractivity contribution is -0.137. The second kappa shape index (κ2) is 20.4. The summed E-state index contributed by atoms with van der Waals surface area (Å²) in [7, 11) is 0. The molecule has 0 fully saturated rings. The van der Waals surface area contributed by atoms with Gasteiger partial charge in [-0.1, -0.05) is 53.2 Å². The minimum Gasteiger partial charge on any atom is -0.445 e. The largest absolute Gasteiger partial charge is 0.445 e. The van der Waals surface area contributed by atoms with Crippen molar-refractivity contribution in [1.82, 2.24) is 26.2 Å². The summed E-state index contributed by atoms with van der Waals surface area (Å²) in [6.07, 6.45) is 3.90. The molecule has 2 atom stereocenters. The molecule has 16 heteroatoms. The van der Waals surface area contributed by atoms with Crippen molar-refractivity contribution in [3.05, 3.63) is 42.0 Å². The third kappa shape index (κ3) is 15.4. The van der Waals surface area contributed by atoms with Crippen LogP contribution < -0.4 is 32.3 Å². The van der Waals surface area contributed by atoms with Crippen LogP contribution in [0.4, 0.5) is 15.3 Å². The van der Waals surface area contributed by atoms with Crippen LogP contribution in [-0.4, -0.2) is 84.1 Å². The van der Waals surface area contributed by atoms with E-state index in [2.05, 4.69) is 26.6 Å². The summed E-state index contributed by atoms with van der Waals surface area (Å²) >= 11 is 0. The molecular formula is C35H51N7O9. The van der Waals surface area contributed by atoms with Crippen LogP contribution >= 0.6 is 0 Å². The highest BCUT2D eigenvalue weighted by Gasteiger charge is 2.29. The second-order valence-corrected chi connectivity index (χ2v) is 13.5. The molecule has 16 nitrogen and oxygen atoms in total. The molecule has 0 saturated heterocycles. The summed E-state index contributed by atoms with van der Waals surface area (Å²) in [5, 5.41) is 13.1. The summed E-state index contributed by atoms with van der Waals surface area (Å²) in [6.45, 7) is 8.98. The van der Waals surface area contributed by atoms with E-state index in [1.54, 1.807) is 58.9 Å². The first kappa shape index (κ1) is 41.9. The first-order valence-corrected chi connectivity index (χ1v) is 17.0. The van der Waals surface area contributed by atoms with Crippen LogP contribution in [0.5, 0.6) is 0 Å². The maximum absolute atomic E-state index is 13.4. The van der Waals surface area contributed by atoms with Gasteiger partial charge in [-0.25, -0.2) is 9.59 Å². The number of nitrogens with two attached hydrogens (primary N) is 1. The number of nitrogens with zero attached hydrogens (tertiary/aromatic N) is 1. The number of benzene rings is 1. The molecule has 7 N–H and O–H groups in total. The van der Waals surface area contributed by atoms with Crippen LogP contribution in [-0.2, 0) is 40.1 Å². The lowest BCUT2D eigenvalue weighted by Crippen LogP contribution is -2.54. The maximum atomic E-state index is 13.4. The SMILES string of the molecule is CC(C)C(NC(=O)CCCCCN1C(=O)C=CC1=O)C(=O)N[C@@H](CCCNC(N)=O)C(=O)Nc1ccc(COC(=O)NCC(=O)C(C)(C)C)cc1. The molecule has 0 saturated carbocycles. The number of urea groups is 1. The number of imide groups is 1. The fraction of sp³-hybridized carbons (Fsp3) is 0.543. The lowest BCUT2D eigenvalue weighted by atomic mass is 9.91. The van der Waals surface area contributed by atoms with Crippen molar-refractivity contribution in [2.75, 3.05) is 25.0 Å². The third-order valence-electron chi connectivity index (χ3n) is 7.87. The Balaban J connectivity index is 1.93. The number of carbonyl (C=O) groups is 8. The van der Waals surface area contributed by atoms with Crippen LogP contribution in [0.25, 0.3) is 0 Å². The van der Waals surface area contributed by atoms with Gasteiger partial charge in [0.15, 0.2) is 5.78 Å². The number of primary amides is 1. The molecule has 1 unspecified atom stereocenters. The van der Waals surface area contributed by atoms with Gasteiger partial charge in [-0.05, 0) is 49.3 Å². The zero-order chi connectivity index (χ0) is 38.1. The highest BCUT2D eigenvalue weighted by atomic mass is 16.5. The molecule has 0 aromatic heterocycles. The van der Waals surface area contributed by atoms with E-state index in [0.29, 0.717) is 36.9 Å². The number of Topliss-reactive ketones (excluding diaryl/α,β-unsaturated/α-hetero) is 1. The summed E-state index contributed by atoms with van der Waals surface area (Å²) < 4.78 is 5.16. The molecule has 1 aromatic carbocycles. The average molecular weight is 714 g/mol. The highest BCUT2D eigenvalue weighted by molar-refractivity contribution is 6.12. The van der Waals surface area contributed by atoms with E-state index < -0.39 is 41.4 Å². The van der Waals surface area contributed by atoms with E-state index in [-0.39, 0.29) is 68.5 Å². The van der Waals surface area contributed by atoms with E-state index in [1.165, 1.54) is 12.2 Å². The number of ketones is 1. The van der Waals surface area contributed by atoms with Gasteiger partial charge >= 0.3 is 12.1 Å². The quantitative estimate of drug-likeness (QED) is 0.0855. The van der Waals surface area contributed by atoms with E-state index in [9.17, 15) is 38.4 Å². The van der Waals surface area contributed by atoms with Crippen LogP contribution in [0.2, 0.25) is 0 Å². The molecule has 51 heavy (non-hydrogen) atoms. The number of alkyl carbamates (subject to hydrolysis) is 1. The van der Waals surface area contributed by atoms with Crippen molar-refractivity contribution >= 4 is 53.1 Å². The molecule has 0 spiro atoms. The number of unbranched alkanes of at least 4 members (excludes halogenated alkanes) is 2.